The number of ether oxygens (including phenoxy) is 1. The fourth-order valence-electron chi connectivity index (χ4n) is 2.50. The van der Waals surface area contributed by atoms with Crippen LogP contribution < -0.4 is 4.74 Å². The van der Waals surface area contributed by atoms with Gasteiger partial charge in [-0.3, -0.25) is 4.90 Å². The van der Waals surface area contributed by atoms with E-state index < -0.39 is 5.79 Å². The second-order valence-corrected chi connectivity index (χ2v) is 5.71. The van der Waals surface area contributed by atoms with Gasteiger partial charge in [-0.15, -0.1) is 0 Å². The van der Waals surface area contributed by atoms with E-state index in [-0.39, 0.29) is 0 Å². The lowest BCUT2D eigenvalue weighted by Crippen LogP contribution is -2.48. The molecule has 0 amide bonds. The first-order chi connectivity index (χ1) is 8.65. The average molecular weight is 268 g/mol. The lowest BCUT2D eigenvalue weighted by atomic mass is 10.0. The van der Waals surface area contributed by atoms with E-state index in [9.17, 15) is 5.11 Å². The summed E-state index contributed by atoms with van der Waals surface area (Å²) in [7, 11) is 0. The molecule has 3 rings (SSSR count). The van der Waals surface area contributed by atoms with Crippen molar-refractivity contribution in [3.8, 4) is 5.75 Å². The van der Waals surface area contributed by atoms with Crippen molar-refractivity contribution in [2.75, 3.05) is 13.1 Å². The van der Waals surface area contributed by atoms with Crippen molar-refractivity contribution in [1.29, 1.82) is 0 Å². The minimum absolute atomic E-state index is 0.673. The number of likely N-dealkylation sites (tertiary alicyclic amines) is 1. The van der Waals surface area contributed by atoms with Gasteiger partial charge in [-0.25, -0.2) is 0 Å². The third-order valence-electron chi connectivity index (χ3n) is 3.76. The Bertz CT molecular complexity index is 408. The van der Waals surface area contributed by atoms with Crippen molar-refractivity contribution >= 4 is 11.6 Å². The van der Waals surface area contributed by atoms with Crippen LogP contribution in [0, 0.1) is 0 Å². The van der Waals surface area contributed by atoms with Crippen molar-refractivity contribution in [2.45, 2.75) is 37.5 Å². The maximum Gasteiger partial charge on any atom is 0.210 e. The summed E-state index contributed by atoms with van der Waals surface area (Å²) in [6, 6.07) is 7.92. The summed E-state index contributed by atoms with van der Waals surface area (Å²) in [5, 5.41) is 11.1. The van der Waals surface area contributed by atoms with E-state index in [1.165, 1.54) is 12.8 Å². The molecular weight excluding hydrogens is 250 g/mol. The van der Waals surface area contributed by atoms with E-state index in [1.807, 2.05) is 0 Å². The van der Waals surface area contributed by atoms with Gasteiger partial charge in [-0.05, 0) is 37.1 Å². The first-order valence-corrected chi connectivity index (χ1v) is 6.93. The second kappa shape index (κ2) is 4.72. The smallest absolute Gasteiger partial charge is 0.210 e. The molecule has 1 aliphatic heterocycles. The van der Waals surface area contributed by atoms with Gasteiger partial charge in [-0.1, -0.05) is 11.6 Å². The summed E-state index contributed by atoms with van der Waals surface area (Å²) in [5.74, 6) is -0.332. The van der Waals surface area contributed by atoms with Crippen LogP contribution in [0.15, 0.2) is 24.3 Å². The Labute approximate surface area is 112 Å². The van der Waals surface area contributed by atoms with Gasteiger partial charge in [0.2, 0.25) is 5.79 Å². The zero-order chi connectivity index (χ0) is 12.6. The number of rotatable bonds is 3. The molecule has 0 radical (unpaired) electrons. The summed E-state index contributed by atoms with van der Waals surface area (Å²) in [6.45, 7) is 1.85. The summed E-state index contributed by atoms with van der Waals surface area (Å²) < 4.78 is 5.72. The first-order valence-electron chi connectivity index (χ1n) is 6.56. The van der Waals surface area contributed by atoms with Gasteiger partial charge in [0.1, 0.15) is 5.75 Å². The van der Waals surface area contributed by atoms with Crippen LogP contribution in [0.4, 0.5) is 0 Å². The van der Waals surface area contributed by atoms with Crippen LogP contribution in [0.3, 0.4) is 0 Å². The molecule has 3 nitrogen and oxygen atoms in total. The van der Waals surface area contributed by atoms with Crippen LogP contribution in [0.5, 0.6) is 5.75 Å². The quantitative estimate of drug-likeness (QED) is 0.855. The van der Waals surface area contributed by atoms with Gasteiger partial charge < -0.3 is 9.84 Å². The third-order valence-corrected chi connectivity index (χ3v) is 4.02. The number of piperidine rings is 1. The van der Waals surface area contributed by atoms with Gasteiger partial charge >= 0.3 is 0 Å². The molecule has 0 unspecified atom stereocenters. The van der Waals surface area contributed by atoms with E-state index in [0.717, 1.165) is 19.1 Å². The van der Waals surface area contributed by atoms with Crippen molar-refractivity contribution in [3.05, 3.63) is 29.3 Å². The lowest BCUT2D eigenvalue weighted by molar-refractivity contribution is -0.169. The molecule has 98 valence electrons. The standard InChI is InChI=1S/C14H18ClNO2/c15-11-1-5-13(6-2-11)18-14(17)7-9-16(10-8-14)12-3-4-12/h1-2,5-6,12,17H,3-4,7-10H2. The predicted octanol–water partition coefficient (Wildman–Crippen LogP) is 2.67. The molecule has 1 saturated carbocycles. The normalized spacial score (nSPS) is 23.9. The highest BCUT2D eigenvalue weighted by Crippen LogP contribution is 2.33. The predicted molar refractivity (Wildman–Crippen MR) is 70.9 cm³/mol. The molecule has 2 aliphatic rings. The Balaban J connectivity index is 1.59. The molecule has 0 spiro atoms. The molecule has 4 heteroatoms. The SMILES string of the molecule is OC1(Oc2ccc(Cl)cc2)CCN(C2CC2)CC1. The molecule has 1 heterocycles. The minimum atomic E-state index is -1.01. The lowest BCUT2D eigenvalue weighted by Gasteiger charge is -2.38. The van der Waals surface area contributed by atoms with Crippen LogP contribution in [0.1, 0.15) is 25.7 Å². The van der Waals surface area contributed by atoms with Crippen LogP contribution >= 0.6 is 11.6 Å². The second-order valence-electron chi connectivity index (χ2n) is 5.27. The Kier molecular flexibility index (Phi) is 3.22. The van der Waals surface area contributed by atoms with Crippen LogP contribution in [0.25, 0.3) is 0 Å². The molecule has 0 atom stereocenters. The number of benzene rings is 1. The molecule has 1 aliphatic carbocycles. The van der Waals surface area contributed by atoms with Crippen LogP contribution in [0.2, 0.25) is 5.02 Å². The van der Waals surface area contributed by atoms with Crippen molar-refractivity contribution < 1.29 is 9.84 Å². The Morgan fingerprint density at radius 3 is 2.33 bits per heavy atom. The topological polar surface area (TPSA) is 32.7 Å². The molecule has 18 heavy (non-hydrogen) atoms. The van der Waals surface area contributed by atoms with Gasteiger partial charge in [0.15, 0.2) is 0 Å². The zero-order valence-electron chi connectivity index (χ0n) is 10.3. The number of halogens is 1. The number of aliphatic hydroxyl groups is 1. The van der Waals surface area contributed by atoms with E-state index in [4.69, 9.17) is 16.3 Å². The molecule has 1 saturated heterocycles. The summed E-state index contributed by atoms with van der Waals surface area (Å²) >= 11 is 5.83. The molecule has 1 aromatic carbocycles. The van der Waals surface area contributed by atoms with Crippen molar-refractivity contribution in [1.82, 2.24) is 4.90 Å². The number of nitrogens with zero attached hydrogens (tertiary/aromatic N) is 1. The molecule has 0 bridgehead atoms. The van der Waals surface area contributed by atoms with Gasteiger partial charge in [0, 0.05) is 37.0 Å². The highest BCUT2D eigenvalue weighted by Gasteiger charge is 2.39. The minimum Gasteiger partial charge on any atom is -0.462 e. The van der Waals surface area contributed by atoms with E-state index in [0.29, 0.717) is 23.6 Å². The molecule has 0 aromatic heterocycles. The van der Waals surface area contributed by atoms with Crippen LogP contribution in [-0.4, -0.2) is 34.9 Å². The van der Waals surface area contributed by atoms with E-state index >= 15 is 0 Å². The maximum atomic E-state index is 10.4. The Hall–Kier alpha value is -0.770. The van der Waals surface area contributed by atoms with Crippen LogP contribution in [-0.2, 0) is 0 Å². The molecule has 1 aromatic rings. The first kappa shape index (κ1) is 12.3. The summed E-state index contributed by atoms with van der Waals surface area (Å²) in [4.78, 5) is 2.46. The highest BCUT2D eigenvalue weighted by molar-refractivity contribution is 6.30. The zero-order valence-corrected chi connectivity index (χ0v) is 11.1. The fraction of sp³-hybridized carbons (Fsp3) is 0.571. The fourth-order valence-corrected chi connectivity index (χ4v) is 2.63. The largest absolute Gasteiger partial charge is 0.462 e. The van der Waals surface area contributed by atoms with Crippen molar-refractivity contribution in [3.63, 3.8) is 0 Å². The molecule has 1 N–H and O–H groups in total. The maximum absolute atomic E-state index is 10.4. The van der Waals surface area contributed by atoms with Gasteiger partial charge in [0.05, 0.1) is 0 Å². The van der Waals surface area contributed by atoms with E-state index in [2.05, 4.69) is 4.90 Å². The monoisotopic (exact) mass is 267 g/mol. The average Bonchev–Trinajstić information content (AvgIpc) is 3.17. The number of hydrogen-bond donors (Lipinski definition) is 1. The Morgan fingerprint density at radius 1 is 1.17 bits per heavy atom. The van der Waals surface area contributed by atoms with Gasteiger partial charge in [0.25, 0.3) is 0 Å². The summed E-state index contributed by atoms with van der Waals surface area (Å²) in [5.41, 5.74) is 0. The number of hydrogen-bond acceptors (Lipinski definition) is 3. The molecular formula is C14H18ClNO2. The van der Waals surface area contributed by atoms with E-state index in [1.54, 1.807) is 24.3 Å². The third kappa shape index (κ3) is 2.79. The van der Waals surface area contributed by atoms with Gasteiger partial charge in [-0.2, -0.15) is 0 Å². The van der Waals surface area contributed by atoms with Crippen molar-refractivity contribution in [2.24, 2.45) is 0 Å². The highest BCUT2D eigenvalue weighted by atomic mass is 35.5. The summed E-state index contributed by atoms with van der Waals surface area (Å²) in [6.07, 6.45) is 3.98. The molecule has 2 fully saturated rings. The Morgan fingerprint density at radius 2 is 1.78 bits per heavy atom.